The lowest BCUT2D eigenvalue weighted by Gasteiger charge is -2.19. The summed E-state index contributed by atoms with van der Waals surface area (Å²) in [4.78, 5) is 0. The Morgan fingerprint density at radius 3 is 1.94 bits per heavy atom. The van der Waals surface area contributed by atoms with Gasteiger partial charge in [-0.1, -0.05) is 59.8 Å². The van der Waals surface area contributed by atoms with Crippen LogP contribution in [0, 0.1) is 17.8 Å². The number of hydrogen-bond donors (Lipinski definition) is 2. The van der Waals surface area contributed by atoms with E-state index in [0.29, 0.717) is 12.5 Å². The molecule has 0 aromatic heterocycles. The number of rotatable bonds is 11. The molecule has 110 valence electrons. The Labute approximate surface area is 115 Å². The summed E-state index contributed by atoms with van der Waals surface area (Å²) in [5.74, 6) is 2.10. The lowest BCUT2D eigenvalue weighted by atomic mass is 9.92. The number of aliphatic hydroxyl groups excluding tert-OH is 1. The fourth-order valence-electron chi connectivity index (χ4n) is 2.41. The van der Waals surface area contributed by atoms with Crippen LogP contribution in [0.1, 0.15) is 66.2 Å². The number of hydrogen-bond acceptors (Lipinski definition) is 2. The van der Waals surface area contributed by atoms with Gasteiger partial charge in [0, 0.05) is 6.54 Å². The summed E-state index contributed by atoms with van der Waals surface area (Å²) in [6.45, 7) is 9.84. The molecular weight excluding hydrogens is 222 g/mol. The minimum atomic E-state index is -0.189. The zero-order valence-electron chi connectivity index (χ0n) is 13.2. The van der Waals surface area contributed by atoms with E-state index in [1.165, 1.54) is 32.1 Å². The molecule has 0 saturated heterocycles. The van der Waals surface area contributed by atoms with Crippen LogP contribution in [0.15, 0.2) is 0 Å². The third-order valence-corrected chi connectivity index (χ3v) is 3.90. The Morgan fingerprint density at radius 2 is 1.44 bits per heavy atom. The van der Waals surface area contributed by atoms with E-state index in [9.17, 15) is 5.11 Å². The van der Waals surface area contributed by atoms with Crippen LogP contribution in [0.25, 0.3) is 0 Å². The van der Waals surface area contributed by atoms with E-state index in [-0.39, 0.29) is 6.10 Å². The third kappa shape index (κ3) is 9.90. The summed E-state index contributed by atoms with van der Waals surface area (Å²) in [7, 11) is 1.90. The molecule has 0 radical (unpaired) electrons. The van der Waals surface area contributed by atoms with Crippen molar-refractivity contribution >= 4 is 0 Å². The van der Waals surface area contributed by atoms with E-state index in [1.54, 1.807) is 0 Å². The second-order valence-electron chi connectivity index (χ2n) is 6.46. The molecule has 0 aliphatic carbocycles. The third-order valence-electron chi connectivity index (χ3n) is 3.90. The number of aliphatic hydroxyl groups is 1. The Morgan fingerprint density at radius 1 is 0.889 bits per heavy atom. The molecule has 0 spiro atoms. The van der Waals surface area contributed by atoms with E-state index >= 15 is 0 Å². The smallest absolute Gasteiger partial charge is 0.0689 e. The van der Waals surface area contributed by atoms with Gasteiger partial charge in [-0.25, -0.2) is 0 Å². The van der Waals surface area contributed by atoms with Crippen LogP contribution < -0.4 is 5.32 Å². The molecule has 3 atom stereocenters. The lowest BCUT2D eigenvalue weighted by molar-refractivity contribution is 0.110. The molecule has 0 aromatic carbocycles. The van der Waals surface area contributed by atoms with E-state index in [2.05, 4.69) is 33.0 Å². The highest BCUT2D eigenvalue weighted by atomic mass is 16.3. The Kier molecular flexibility index (Phi) is 10.8. The van der Waals surface area contributed by atoms with Gasteiger partial charge in [0.25, 0.3) is 0 Å². The quantitative estimate of drug-likeness (QED) is 0.589. The van der Waals surface area contributed by atoms with Gasteiger partial charge < -0.3 is 10.4 Å². The lowest BCUT2D eigenvalue weighted by Crippen LogP contribution is -2.29. The van der Waals surface area contributed by atoms with Crippen molar-refractivity contribution in [1.82, 2.24) is 5.32 Å². The van der Waals surface area contributed by atoms with Gasteiger partial charge in [-0.2, -0.15) is 0 Å². The SMILES string of the molecule is CNCC(O)C(C)CCCC(C)CCCC(C)C. The molecule has 0 bridgehead atoms. The minimum Gasteiger partial charge on any atom is -0.392 e. The standard InChI is InChI=1S/C16H35NO/c1-13(2)8-6-9-14(3)10-7-11-15(4)16(18)12-17-5/h13-18H,6-12H2,1-5H3. The van der Waals surface area contributed by atoms with Gasteiger partial charge in [0.2, 0.25) is 0 Å². The van der Waals surface area contributed by atoms with Crippen molar-refractivity contribution in [3.05, 3.63) is 0 Å². The van der Waals surface area contributed by atoms with Crippen molar-refractivity contribution in [2.24, 2.45) is 17.8 Å². The second-order valence-corrected chi connectivity index (χ2v) is 6.46. The van der Waals surface area contributed by atoms with Crippen molar-refractivity contribution in [1.29, 1.82) is 0 Å². The van der Waals surface area contributed by atoms with Crippen molar-refractivity contribution in [2.75, 3.05) is 13.6 Å². The van der Waals surface area contributed by atoms with Crippen LogP contribution in [0.4, 0.5) is 0 Å². The highest BCUT2D eigenvalue weighted by Crippen LogP contribution is 2.20. The average molecular weight is 257 g/mol. The van der Waals surface area contributed by atoms with Crippen LogP contribution >= 0.6 is 0 Å². The van der Waals surface area contributed by atoms with Crippen LogP contribution in [-0.4, -0.2) is 24.8 Å². The van der Waals surface area contributed by atoms with Crippen LogP contribution in [-0.2, 0) is 0 Å². The molecule has 3 unspecified atom stereocenters. The first kappa shape index (κ1) is 17.9. The molecule has 0 fully saturated rings. The zero-order valence-corrected chi connectivity index (χ0v) is 13.2. The Bertz CT molecular complexity index is 182. The highest BCUT2D eigenvalue weighted by molar-refractivity contribution is 4.67. The van der Waals surface area contributed by atoms with Crippen molar-refractivity contribution in [2.45, 2.75) is 72.3 Å². The summed E-state index contributed by atoms with van der Waals surface area (Å²) in [5, 5.41) is 12.9. The molecule has 2 heteroatoms. The van der Waals surface area contributed by atoms with Crippen molar-refractivity contribution < 1.29 is 5.11 Å². The second kappa shape index (κ2) is 10.8. The molecular formula is C16H35NO. The molecule has 2 nitrogen and oxygen atoms in total. The van der Waals surface area contributed by atoms with Gasteiger partial charge in [-0.15, -0.1) is 0 Å². The summed E-state index contributed by atoms with van der Waals surface area (Å²) in [6.07, 6.45) is 7.63. The van der Waals surface area contributed by atoms with Crippen LogP contribution in [0.3, 0.4) is 0 Å². The number of likely N-dealkylation sites (N-methyl/N-ethyl adjacent to an activating group) is 1. The molecule has 0 amide bonds. The van der Waals surface area contributed by atoms with Gasteiger partial charge in [-0.05, 0) is 31.2 Å². The van der Waals surface area contributed by atoms with E-state index in [4.69, 9.17) is 0 Å². The summed E-state index contributed by atoms with van der Waals surface area (Å²) in [6, 6.07) is 0. The molecule has 0 aliphatic rings. The largest absolute Gasteiger partial charge is 0.392 e. The van der Waals surface area contributed by atoms with Crippen LogP contribution in [0.5, 0.6) is 0 Å². The van der Waals surface area contributed by atoms with Gasteiger partial charge in [0.05, 0.1) is 6.10 Å². The molecule has 0 rings (SSSR count). The maximum Gasteiger partial charge on any atom is 0.0689 e. The topological polar surface area (TPSA) is 32.3 Å². The minimum absolute atomic E-state index is 0.189. The van der Waals surface area contributed by atoms with Gasteiger partial charge in [-0.3, -0.25) is 0 Å². The van der Waals surface area contributed by atoms with E-state index in [1.807, 2.05) is 7.05 Å². The average Bonchev–Trinajstić information content (AvgIpc) is 2.28. The predicted octanol–water partition coefficient (Wildman–Crippen LogP) is 3.84. The zero-order chi connectivity index (χ0) is 14.0. The first-order valence-corrected chi connectivity index (χ1v) is 7.80. The summed E-state index contributed by atoms with van der Waals surface area (Å²) < 4.78 is 0. The molecule has 0 aliphatic heterocycles. The van der Waals surface area contributed by atoms with Crippen molar-refractivity contribution in [3.63, 3.8) is 0 Å². The van der Waals surface area contributed by atoms with E-state index in [0.717, 1.165) is 18.3 Å². The maximum atomic E-state index is 9.82. The molecule has 0 heterocycles. The first-order chi connectivity index (χ1) is 8.47. The Balaban J connectivity index is 3.52. The molecule has 0 saturated carbocycles. The van der Waals surface area contributed by atoms with Crippen LogP contribution in [0.2, 0.25) is 0 Å². The summed E-state index contributed by atoms with van der Waals surface area (Å²) >= 11 is 0. The van der Waals surface area contributed by atoms with Crippen molar-refractivity contribution in [3.8, 4) is 0 Å². The van der Waals surface area contributed by atoms with Gasteiger partial charge in [0.15, 0.2) is 0 Å². The maximum absolute atomic E-state index is 9.82. The fraction of sp³-hybridized carbons (Fsp3) is 1.00. The monoisotopic (exact) mass is 257 g/mol. The first-order valence-electron chi connectivity index (χ1n) is 7.80. The summed E-state index contributed by atoms with van der Waals surface area (Å²) in [5.41, 5.74) is 0. The van der Waals surface area contributed by atoms with Gasteiger partial charge >= 0.3 is 0 Å². The van der Waals surface area contributed by atoms with Gasteiger partial charge in [0.1, 0.15) is 0 Å². The number of nitrogens with one attached hydrogen (secondary N) is 1. The predicted molar refractivity (Wildman–Crippen MR) is 80.8 cm³/mol. The Hall–Kier alpha value is -0.0800. The fourth-order valence-corrected chi connectivity index (χ4v) is 2.41. The molecule has 0 aromatic rings. The van der Waals surface area contributed by atoms with E-state index < -0.39 is 0 Å². The normalized spacial score (nSPS) is 16.8. The molecule has 2 N–H and O–H groups in total. The highest BCUT2D eigenvalue weighted by Gasteiger charge is 2.13. The molecule has 18 heavy (non-hydrogen) atoms.